The molecule has 1 fully saturated rings. The number of rotatable bonds is 3. The first-order chi connectivity index (χ1) is 12.9. The number of fused-ring (bicyclic) bond motifs is 1. The third-order valence-corrected chi connectivity index (χ3v) is 6.04. The summed E-state index contributed by atoms with van der Waals surface area (Å²) >= 11 is 1.79. The minimum Gasteiger partial charge on any atom is -0.357 e. The normalized spacial score (nSPS) is 18.6. The van der Waals surface area contributed by atoms with Crippen molar-refractivity contribution in [3.8, 4) is 11.3 Å². The minimum absolute atomic E-state index is 0.154. The average Bonchev–Trinajstić information content (AvgIpc) is 3.38. The second-order valence-electron chi connectivity index (χ2n) is 6.57. The number of hydrogen-bond donors (Lipinski definition) is 1. The SMILES string of the molecule is c1cncc(-c2ccc3c(n2)NC(c2ccc(N4CCCC4)nc2)S3)c1. The van der Waals surface area contributed by atoms with Crippen molar-refractivity contribution in [1.29, 1.82) is 0 Å². The van der Waals surface area contributed by atoms with Crippen LogP contribution < -0.4 is 10.2 Å². The predicted molar refractivity (Wildman–Crippen MR) is 105 cm³/mol. The van der Waals surface area contributed by atoms with Crippen molar-refractivity contribution >= 4 is 23.4 Å². The van der Waals surface area contributed by atoms with Gasteiger partial charge < -0.3 is 10.2 Å². The van der Waals surface area contributed by atoms with E-state index in [1.54, 1.807) is 18.0 Å². The number of nitrogens with one attached hydrogen (secondary N) is 1. The fourth-order valence-corrected chi connectivity index (χ4v) is 4.50. The smallest absolute Gasteiger partial charge is 0.141 e. The molecule has 130 valence electrons. The van der Waals surface area contributed by atoms with Crippen LogP contribution in [0.2, 0.25) is 0 Å². The standard InChI is InChI=1S/C20H19N5S/c1-2-11-25(10-1)18-8-5-15(13-22-18)20-24-19-17(26-20)7-6-16(23-19)14-4-3-9-21-12-14/h3-9,12-13,20H,1-2,10-11H2,(H,23,24). The molecule has 0 radical (unpaired) electrons. The second kappa shape index (κ2) is 6.61. The van der Waals surface area contributed by atoms with Crippen molar-refractivity contribution in [3.05, 3.63) is 60.6 Å². The van der Waals surface area contributed by atoms with Gasteiger partial charge in [0, 0.05) is 42.8 Å². The third kappa shape index (κ3) is 2.90. The van der Waals surface area contributed by atoms with Crippen molar-refractivity contribution in [2.24, 2.45) is 0 Å². The highest BCUT2D eigenvalue weighted by Gasteiger charge is 2.25. The molecule has 26 heavy (non-hydrogen) atoms. The van der Waals surface area contributed by atoms with Gasteiger partial charge in [0.05, 0.1) is 10.6 Å². The Morgan fingerprint density at radius 3 is 2.73 bits per heavy atom. The highest BCUT2D eigenvalue weighted by atomic mass is 32.2. The molecule has 0 spiro atoms. The van der Waals surface area contributed by atoms with Crippen LogP contribution in [-0.2, 0) is 0 Å². The van der Waals surface area contributed by atoms with Crippen LogP contribution in [0, 0.1) is 0 Å². The molecule has 3 aromatic rings. The van der Waals surface area contributed by atoms with E-state index >= 15 is 0 Å². The van der Waals surface area contributed by atoms with E-state index in [0.717, 1.165) is 36.0 Å². The lowest BCUT2D eigenvalue weighted by Crippen LogP contribution is -2.18. The van der Waals surface area contributed by atoms with Gasteiger partial charge in [-0.15, -0.1) is 0 Å². The Balaban J connectivity index is 1.35. The van der Waals surface area contributed by atoms with Gasteiger partial charge >= 0.3 is 0 Å². The van der Waals surface area contributed by atoms with Gasteiger partial charge in [0.2, 0.25) is 0 Å². The Kier molecular flexibility index (Phi) is 3.97. The number of nitrogens with zero attached hydrogens (tertiary/aromatic N) is 4. The molecule has 0 bridgehead atoms. The van der Waals surface area contributed by atoms with Crippen LogP contribution in [0.25, 0.3) is 11.3 Å². The molecule has 3 aromatic heterocycles. The molecule has 0 aromatic carbocycles. The Morgan fingerprint density at radius 2 is 1.96 bits per heavy atom. The Bertz CT molecular complexity index is 907. The summed E-state index contributed by atoms with van der Waals surface area (Å²) in [6.07, 6.45) is 8.15. The van der Waals surface area contributed by atoms with Crippen LogP contribution in [0.4, 0.5) is 11.6 Å². The van der Waals surface area contributed by atoms with Crippen LogP contribution >= 0.6 is 11.8 Å². The molecule has 0 amide bonds. The highest BCUT2D eigenvalue weighted by molar-refractivity contribution is 8.00. The Morgan fingerprint density at radius 1 is 1.04 bits per heavy atom. The van der Waals surface area contributed by atoms with E-state index in [9.17, 15) is 0 Å². The predicted octanol–water partition coefficient (Wildman–Crippen LogP) is 4.36. The van der Waals surface area contributed by atoms with Crippen LogP contribution in [0.15, 0.2) is 59.9 Å². The molecule has 5 nitrogen and oxygen atoms in total. The van der Waals surface area contributed by atoms with E-state index < -0.39 is 0 Å². The first-order valence-electron chi connectivity index (χ1n) is 8.92. The van der Waals surface area contributed by atoms with Gasteiger partial charge in [0.1, 0.15) is 17.0 Å². The van der Waals surface area contributed by atoms with E-state index in [-0.39, 0.29) is 5.37 Å². The number of pyridine rings is 3. The number of aromatic nitrogens is 3. The lowest BCUT2D eigenvalue weighted by molar-refractivity contribution is 0.931. The van der Waals surface area contributed by atoms with Crippen LogP contribution in [0.3, 0.4) is 0 Å². The molecule has 6 heteroatoms. The molecular weight excluding hydrogens is 342 g/mol. The largest absolute Gasteiger partial charge is 0.357 e. The monoisotopic (exact) mass is 361 g/mol. The summed E-state index contributed by atoms with van der Waals surface area (Å²) in [6, 6.07) is 12.5. The van der Waals surface area contributed by atoms with Gasteiger partial charge in [-0.25, -0.2) is 9.97 Å². The van der Waals surface area contributed by atoms with Gasteiger partial charge in [-0.1, -0.05) is 17.8 Å². The van der Waals surface area contributed by atoms with E-state index in [2.05, 4.69) is 44.5 Å². The maximum atomic E-state index is 4.78. The summed E-state index contributed by atoms with van der Waals surface area (Å²) < 4.78 is 0. The lowest BCUT2D eigenvalue weighted by Gasteiger charge is -2.17. The lowest BCUT2D eigenvalue weighted by atomic mass is 10.2. The zero-order valence-corrected chi connectivity index (χ0v) is 15.1. The van der Waals surface area contributed by atoms with Crippen LogP contribution in [0.1, 0.15) is 23.8 Å². The Labute approximate surface area is 156 Å². The van der Waals surface area contributed by atoms with Crippen LogP contribution in [-0.4, -0.2) is 28.0 Å². The van der Waals surface area contributed by atoms with Crippen molar-refractivity contribution < 1.29 is 0 Å². The van der Waals surface area contributed by atoms with Crippen molar-refractivity contribution in [2.75, 3.05) is 23.3 Å². The Hall–Kier alpha value is -2.60. The molecule has 2 aliphatic heterocycles. The molecule has 5 heterocycles. The number of hydrogen-bond acceptors (Lipinski definition) is 6. The van der Waals surface area contributed by atoms with Crippen molar-refractivity contribution in [3.63, 3.8) is 0 Å². The molecular formula is C20H19N5S. The molecule has 5 rings (SSSR count). The molecule has 1 unspecified atom stereocenters. The number of thioether (sulfide) groups is 1. The van der Waals surface area contributed by atoms with Gasteiger partial charge in [0.15, 0.2) is 0 Å². The molecule has 1 N–H and O–H groups in total. The summed E-state index contributed by atoms with van der Waals surface area (Å²) in [6.45, 7) is 2.24. The second-order valence-corrected chi connectivity index (χ2v) is 7.72. The fourth-order valence-electron chi connectivity index (χ4n) is 3.44. The van der Waals surface area contributed by atoms with Gasteiger partial charge in [-0.2, -0.15) is 0 Å². The van der Waals surface area contributed by atoms with Gasteiger partial charge in [-0.3, -0.25) is 4.98 Å². The molecule has 1 atom stereocenters. The van der Waals surface area contributed by atoms with E-state index in [0.29, 0.717) is 0 Å². The summed E-state index contributed by atoms with van der Waals surface area (Å²) in [5, 5.41) is 3.68. The summed E-state index contributed by atoms with van der Waals surface area (Å²) in [7, 11) is 0. The van der Waals surface area contributed by atoms with Crippen LogP contribution in [0.5, 0.6) is 0 Å². The van der Waals surface area contributed by atoms with Crippen molar-refractivity contribution in [1.82, 2.24) is 15.0 Å². The fraction of sp³-hybridized carbons (Fsp3) is 0.250. The first-order valence-corrected chi connectivity index (χ1v) is 9.80. The third-order valence-electron chi connectivity index (χ3n) is 4.83. The summed E-state index contributed by atoms with van der Waals surface area (Å²) in [4.78, 5) is 17.2. The summed E-state index contributed by atoms with van der Waals surface area (Å²) in [5.41, 5.74) is 3.15. The molecule has 0 aliphatic carbocycles. The molecule has 2 aliphatic rings. The van der Waals surface area contributed by atoms with Gasteiger partial charge in [-0.05, 0) is 43.2 Å². The zero-order chi connectivity index (χ0) is 17.3. The van der Waals surface area contributed by atoms with Crippen molar-refractivity contribution in [2.45, 2.75) is 23.1 Å². The topological polar surface area (TPSA) is 53.9 Å². The summed E-state index contributed by atoms with van der Waals surface area (Å²) in [5.74, 6) is 2.02. The van der Waals surface area contributed by atoms with E-state index in [1.807, 2.05) is 24.5 Å². The highest BCUT2D eigenvalue weighted by Crippen LogP contribution is 2.46. The molecule has 0 saturated carbocycles. The van der Waals surface area contributed by atoms with E-state index in [1.165, 1.54) is 23.3 Å². The maximum absolute atomic E-state index is 4.78. The first kappa shape index (κ1) is 15.6. The number of anilines is 2. The maximum Gasteiger partial charge on any atom is 0.141 e. The minimum atomic E-state index is 0.154. The van der Waals surface area contributed by atoms with Gasteiger partial charge in [0.25, 0.3) is 0 Å². The zero-order valence-electron chi connectivity index (χ0n) is 14.3. The quantitative estimate of drug-likeness (QED) is 0.748. The average molecular weight is 361 g/mol. The molecule has 1 saturated heterocycles. The van der Waals surface area contributed by atoms with E-state index in [4.69, 9.17) is 4.98 Å².